The van der Waals surface area contributed by atoms with E-state index < -0.39 is 27.9 Å². The van der Waals surface area contributed by atoms with Gasteiger partial charge in [0.2, 0.25) is 21.8 Å². The van der Waals surface area contributed by atoms with Gasteiger partial charge >= 0.3 is 0 Å². The van der Waals surface area contributed by atoms with Crippen molar-refractivity contribution in [3.63, 3.8) is 0 Å². The van der Waals surface area contributed by atoms with Crippen LogP contribution in [-0.4, -0.2) is 59.7 Å². The standard InChI is InChI=1S/C20H27N3O4S.ClH/c1-3-9-16-19-17(23(20(16)25)28(2,26)27)11-15-22(19)18(24)10-8-14-21-12-6-4-5-7-13-21;/h4-7,11-13,16,19H,3,8-10,14-15H2,1-2H3;1H/t16-,19-;/m1./s1. The van der Waals surface area contributed by atoms with Crippen molar-refractivity contribution in [2.75, 3.05) is 19.3 Å². The summed E-state index contributed by atoms with van der Waals surface area (Å²) in [7, 11) is -3.69. The van der Waals surface area contributed by atoms with E-state index in [-0.39, 0.29) is 18.3 Å². The van der Waals surface area contributed by atoms with E-state index in [0.29, 0.717) is 38.0 Å². The number of carbonyl (C=O) groups excluding carboxylic acids is 2. The normalized spacial score (nSPS) is 23.2. The van der Waals surface area contributed by atoms with Crippen LogP contribution in [0, 0.1) is 5.92 Å². The third kappa shape index (κ3) is 4.93. The van der Waals surface area contributed by atoms with Crippen LogP contribution in [0.25, 0.3) is 0 Å². The van der Waals surface area contributed by atoms with E-state index in [1.54, 1.807) is 11.0 Å². The molecule has 7 nitrogen and oxygen atoms in total. The SMILES string of the molecule is CCC[C@H]1C(=O)N(S(C)(=O)=O)C2=CCN(C(=O)CCCN3C=CC=CC=C3)[C@@H]21.Cl. The Morgan fingerprint density at radius 3 is 2.41 bits per heavy atom. The molecule has 0 unspecified atom stereocenters. The third-order valence-corrected chi connectivity index (χ3v) is 6.27. The summed E-state index contributed by atoms with van der Waals surface area (Å²) in [5.41, 5.74) is 0.448. The monoisotopic (exact) mass is 441 g/mol. The lowest BCUT2D eigenvalue weighted by Crippen LogP contribution is -2.41. The fraction of sp³-hybridized carbons (Fsp3) is 0.500. The second-order valence-electron chi connectivity index (χ2n) is 7.29. The number of carbonyl (C=O) groups is 2. The molecule has 0 aliphatic carbocycles. The topological polar surface area (TPSA) is 78.0 Å². The van der Waals surface area contributed by atoms with Crippen molar-refractivity contribution in [1.29, 1.82) is 0 Å². The molecule has 3 rings (SSSR count). The van der Waals surface area contributed by atoms with Crippen molar-refractivity contribution in [2.24, 2.45) is 5.92 Å². The number of allylic oxidation sites excluding steroid dienone is 4. The summed E-state index contributed by atoms with van der Waals surface area (Å²) in [4.78, 5) is 29.3. The van der Waals surface area contributed by atoms with Crippen molar-refractivity contribution < 1.29 is 18.0 Å². The molecule has 3 aliphatic heterocycles. The Labute approximate surface area is 178 Å². The Bertz CT molecular complexity index is 847. The first-order valence-electron chi connectivity index (χ1n) is 9.65. The van der Waals surface area contributed by atoms with Gasteiger partial charge in [-0.05, 0) is 31.1 Å². The van der Waals surface area contributed by atoms with Gasteiger partial charge in [0, 0.05) is 31.9 Å². The minimum atomic E-state index is -3.69. The van der Waals surface area contributed by atoms with Crippen LogP contribution in [0.15, 0.2) is 48.5 Å². The highest BCUT2D eigenvalue weighted by Crippen LogP contribution is 2.40. The molecule has 3 aliphatic rings. The van der Waals surface area contributed by atoms with E-state index in [4.69, 9.17) is 0 Å². The summed E-state index contributed by atoms with van der Waals surface area (Å²) < 4.78 is 25.2. The van der Waals surface area contributed by atoms with Crippen LogP contribution in [0.2, 0.25) is 0 Å². The van der Waals surface area contributed by atoms with Crippen LogP contribution >= 0.6 is 12.4 Å². The number of halogens is 1. The molecule has 2 amide bonds. The maximum Gasteiger partial charge on any atom is 0.246 e. The predicted molar refractivity (Wildman–Crippen MR) is 114 cm³/mol. The molecule has 1 saturated heterocycles. The molecule has 0 saturated carbocycles. The van der Waals surface area contributed by atoms with Gasteiger partial charge in [-0.25, -0.2) is 12.7 Å². The zero-order valence-corrected chi connectivity index (χ0v) is 18.4. The van der Waals surface area contributed by atoms with Crippen molar-refractivity contribution >= 4 is 34.2 Å². The average Bonchev–Trinajstić information content (AvgIpc) is 3.02. The maximum absolute atomic E-state index is 12.9. The van der Waals surface area contributed by atoms with Gasteiger partial charge in [0.1, 0.15) is 0 Å². The summed E-state index contributed by atoms with van der Waals surface area (Å²) >= 11 is 0. The second kappa shape index (κ2) is 9.63. The second-order valence-corrected chi connectivity index (χ2v) is 9.12. The lowest BCUT2D eigenvalue weighted by Gasteiger charge is -2.27. The average molecular weight is 442 g/mol. The van der Waals surface area contributed by atoms with Crippen molar-refractivity contribution in [1.82, 2.24) is 14.1 Å². The fourth-order valence-electron chi connectivity index (χ4n) is 4.03. The van der Waals surface area contributed by atoms with E-state index in [2.05, 4.69) is 0 Å². The van der Waals surface area contributed by atoms with Gasteiger partial charge in [-0.15, -0.1) is 12.4 Å². The Hall–Kier alpha value is -2.06. The summed E-state index contributed by atoms with van der Waals surface area (Å²) in [6.07, 6.45) is 16.8. The minimum Gasteiger partial charge on any atom is -0.354 e. The predicted octanol–water partition coefficient (Wildman–Crippen LogP) is 2.40. The zero-order chi connectivity index (χ0) is 20.3. The molecule has 0 bridgehead atoms. The highest BCUT2D eigenvalue weighted by atomic mass is 35.5. The summed E-state index contributed by atoms with van der Waals surface area (Å²) in [6.45, 7) is 3.02. The summed E-state index contributed by atoms with van der Waals surface area (Å²) in [6, 6.07) is -0.461. The molecule has 2 atom stereocenters. The number of amides is 2. The van der Waals surface area contributed by atoms with Crippen molar-refractivity contribution in [2.45, 2.75) is 38.6 Å². The Morgan fingerprint density at radius 2 is 1.83 bits per heavy atom. The smallest absolute Gasteiger partial charge is 0.246 e. The number of hydrogen-bond donors (Lipinski definition) is 0. The Morgan fingerprint density at radius 1 is 1.17 bits per heavy atom. The first-order valence-corrected chi connectivity index (χ1v) is 11.5. The van der Waals surface area contributed by atoms with Crippen molar-refractivity contribution in [3.8, 4) is 0 Å². The summed E-state index contributed by atoms with van der Waals surface area (Å²) in [5.74, 6) is -0.938. The molecular weight excluding hydrogens is 414 g/mol. The number of hydrogen-bond acceptors (Lipinski definition) is 5. The molecule has 0 aromatic carbocycles. The van der Waals surface area contributed by atoms with Gasteiger partial charge in [0.15, 0.2) is 0 Å². The fourth-order valence-corrected chi connectivity index (χ4v) is 5.06. The molecular formula is C20H28ClN3O4S. The first kappa shape index (κ1) is 23.2. The quantitative estimate of drug-likeness (QED) is 0.606. The van der Waals surface area contributed by atoms with E-state index in [1.807, 2.05) is 48.5 Å². The highest BCUT2D eigenvalue weighted by molar-refractivity contribution is 7.89. The minimum absolute atomic E-state index is 0. The van der Waals surface area contributed by atoms with Crippen LogP contribution < -0.4 is 0 Å². The van der Waals surface area contributed by atoms with Crippen molar-refractivity contribution in [3.05, 3.63) is 48.5 Å². The Kier molecular flexibility index (Phi) is 7.71. The number of nitrogens with zero attached hydrogens (tertiary/aromatic N) is 3. The largest absolute Gasteiger partial charge is 0.354 e. The van der Waals surface area contributed by atoms with Crippen LogP contribution in [0.5, 0.6) is 0 Å². The third-order valence-electron chi connectivity index (χ3n) is 5.22. The molecule has 9 heteroatoms. The lowest BCUT2D eigenvalue weighted by atomic mass is 9.96. The van der Waals surface area contributed by atoms with Crippen LogP contribution in [0.3, 0.4) is 0 Å². The molecule has 1 fully saturated rings. The molecule has 0 spiro atoms. The Balaban J connectivity index is 0.00000300. The number of rotatable bonds is 7. The van der Waals surface area contributed by atoms with E-state index in [1.165, 1.54) is 0 Å². The van der Waals surface area contributed by atoms with Gasteiger partial charge in [0.25, 0.3) is 0 Å². The van der Waals surface area contributed by atoms with Crippen LogP contribution in [0.1, 0.15) is 32.6 Å². The van der Waals surface area contributed by atoms with E-state index in [9.17, 15) is 18.0 Å². The molecule has 0 aromatic rings. The molecule has 29 heavy (non-hydrogen) atoms. The van der Waals surface area contributed by atoms with Gasteiger partial charge in [-0.1, -0.05) is 25.5 Å². The molecule has 0 radical (unpaired) electrons. The van der Waals surface area contributed by atoms with Crippen LogP contribution in [0.4, 0.5) is 0 Å². The maximum atomic E-state index is 12.9. The van der Waals surface area contributed by atoms with Crippen LogP contribution in [-0.2, 0) is 19.6 Å². The molecule has 160 valence electrons. The number of fused-ring (bicyclic) bond motifs is 1. The highest BCUT2D eigenvalue weighted by Gasteiger charge is 2.53. The lowest BCUT2D eigenvalue weighted by molar-refractivity contribution is -0.133. The molecule has 0 aromatic heterocycles. The zero-order valence-electron chi connectivity index (χ0n) is 16.7. The summed E-state index contributed by atoms with van der Waals surface area (Å²) in [5, 5.41) is 0. The molecule has 0 N–H and O–H groups in total. The van der Waals surface area contributed by atoms with Gasteiger partial charge in [-0.2, -0.15) is 0 Å². The van der Waals surface area contributed by atoms with Gasteiger partial charge in [0.05, 0.1) is 23.9 Å². The number of sulfonamides is 1. The van der Waals surface area contributed by atoms with Gasteiger partial charge < -0.3 is 9.80 Å². The van der Waals surface area contributed by atoms with E-state index in [0.717, 1.165) is 17.0 Å². The van der Waals surface area contributed by atoms with Gasteiger partial charge in [-0.3, -0.25) is 9.59 Å². The first-order chi connectivity index (χ1) is 13.3. The van der Waals surface area contributed by atoms with E-state index >= 15 is 0 Å². The molecule has 3 heterocycles.